The highest BCUT2D eigenvalue weighted by molar-refractivity contribution is 7.17. The SMILES string of the molecule is CNCCC[C@H](CC(=O)Nc1nc(C)c(C(=O)O)s1)NC(=O)c1cccc(-c2noc(C)n2)c1. The molecular weight excluding hydrogens is 460 g/mol. The largest absolute Gasteiger partial charge is 0.477 e. The van der Waals surface area contributed by atoms with Crippen LogP contribution >= 0.6 is 11.3 Å². The number of aromatic carboxylic acids is 1. The van der Waals surface area contributed by atoms with Gasteiger partial charge in [0.1, 0.15) is 4.88 Å². The van der Waals surface area contributed by atoms with Gasteiger partial charge in [-0.25, -0.2) is 9.78 Å². The molecule has 3 rings (SSSR count). The van der Waals surface area contributed by atoms with Gasteiger partial charge in [0.25, 0.3) is 5.91 Å². The topological polar surface area (TPSA) is 159 Å². The molecule has 3 aromatic rings. The fourth-order valence-electron chi connectivity index (χ4n) is 3.28. The molecule has 0 saturated heterocycles. The van der Waals surface area contributed by atoms with Crippen LogP contribution in [0.4, 0.5) is 5.13 Å². The lowest BCUT2D eigenvalue weighted by molar-refractivity contribution is -0.116. The van der Waals surface area contributed by atoms with Crippen LogP contribution in [-0.4, -0.2) is 57.6 Å². The van der Waals surface area contributed by atoms with Crippen molar-refractivity contribution in [2.75, 3.05) is 18.9 Å². The summed E-state index contributed by atoms with van der Waals surface area (Å²) in [4.78, 5) is 45.1. The van der Waals surface area contributed by atoms with Crippen molar-refractivity contribution in [1.82, 2.24) is 25.8 Å². The summed E-state index contributed by atoms with van der Waals surface area (Å²) in [5.41, 5.74) is 1.38. The van der Waals surface area contributed by atoms with Gasteiger partial charge in [-0.2, -0.15) is 4.98 Å². The molecule has 1 atom stereocenters. The highest BCUT2D eigenvalue weighted by Crippen LogP contribution is 2.23. The lowest BCUT2D eigenvalue weighted by atomic mass is 10.1. The summed E-state index contributed by atoms with van der Waals surface area (Å²) in [5, 5.41) is 21.9. The summed E-state index contributed by atoms with van der Waals surface area (Å²) in [6.45, 7) is 3.98. The van der Waals surface area contributed by atoms with Crippen LogP contribution in [0.1, 0.15) is 50.9 Å². The van der Waals surface area contributed by atoms with Crippen molar-refractivity contribution in [2.24, 2.45) is 0 Å². The second kappa shape index (κ2) is 11.5. The zero-order valence-corrected chi connectivity index (χ0v) is 19.9. The summed E-state index contributed by atoms with van der Waals surface area (Å²) in [6, 6.07) is 6.40. The van der Waals surface area contributed by atoms with E-state index in [9.17, 15) is 19.5 Å². The van der Waals surface area contributed by atoms with E-state index in [-0.39, 0.29) is 28.2 Å². The van der Waals surface area contributed by atoms with Crippen molar-refractivity contribution in [3.05, 3.63) is 46.3 Å². The van der Waals surface area contributed by atoms with Crippen LogP contribution in [0.25, 0.3) is 11.4 Å². The van der Waals surface area contributed by atoms with Crippen LogP contribution < -0.4 is 16.0 Å². The predicted molar refractivity (Wildman–Crippen MR) is 126 cm³/mol. The third-order valence-electron chi connectivity index (χ3n) is 4.89. The van der Waals surface area contributed by atoms with E-state index in [1.54, 1.807) is 38.1 Å². The van der Waals surface area contributed by atoms with Crippen molar-refractivity contribution in [2.45, 2.75) is 39.2 Å². The van der Waals surface area contributed by atoms with Crippen LogP contribution in [0.15, 0.2) is 28.8 Å². The second-order valence-electron chi connectivity index (χ2n) is 7.62. The van der Waals surface area contributed by atoms with E-state index < -0.39 is 12.0 Å². The molecule has 2 amide bonds. The van der Waals surface area contributed by atoms with Crippen molar-refractivity contribution in [3.63, 3.8) is 0 Å². The van der Waals surface area contributed by atoms with E-state index in [2.05, 4.69) is 31.1 Å². The van der Waals surface area contributed by atoms with E-state index in [4.69, 9.17) is 4.52 Å². The fourth-order valence-corrected chi connectivity index (χ4v) is 4.10. The predicted octanol–water partition coefficient (Wildman–Crippen LogP) is 2.63. The zero-order chi connectivity index (χ0) is 24.7. The smallest absolute Gasteiger partial charge is 0.347 e. The Kier molecular flexibility index (Phi) is 8.44. The number of hydrogen-bond donors (Lipinski definition) is 4. The summed E-state index contributed by atoms with van der Waals surface area (Å²) in [5.74, 6) is -0.979. The number of aromatic nitrogens is 3. The first-order chi connectivity index (χ1) is 16.3. The van der Waals surface area contributed by atoms with Crippen LogP contribution in [0, 0.1) is 13.8 Å². The van der Waals surface area contributed by atoms with Gasteiger partial charge in [-0.3, -0.25) is 9.59 Å². The number of carboxylic acid groups (broad SMARTS) is 1. The number of thiazole rings is 1. The van der Waals surface area contributed by atoms with E-state index >= 15 is 0 Å². The zero-order valence-electron chi connectivity index (χ0n) is 19.0. The minimum absolute atomic E-state index is 0.0141. The maximum atomic E-state index is 12.9. The molecule has 11 nitrogen and oxygen atoms in total. The molecule has 4 N–H and O–H groups in total. The van der Waals surface area contributed by atoms with Gasteiger partial charge in [0.05, 0.1) is 5.69 Å². The molecule has 12 heteroatoms. The van der Waals surface area contributed by atoms with Crippen LogP contribution in [-0.2, 0) is 4.79 Å². The number of carbonyl (C=O) groups is 3. The average Bonchev–Trinajstić information content (AvgIpc) is 3.39. The number of carbonyl (C=O) groups excluding carboxylic acids is 2. The number of anilines is 1. The summed E-state index contributed by atoms with van der Waals surface area (Å²) < 4.78 is 5.00. The maximum absolute atomic E-state index is 12.9. The number of rotatable bonds is 11. The summed E-state index contributed by atoms with van der Waals surface area (Å²) in [7, 11) is 1.83. The Labute approximate surface area is 200 Å². The molecule has 0 aliphatic rings. The van der Waals surface area contributed by atoms with Crippen molar-refractivity contribution >= 4 is 34.3 Å². The normalized spacial score (nSPS) is 11.7. The number of hydrogen-bond acceptors (Lipinski definition) is 9. The second-order valence-corrected chi connectivity index (χ2v) is 8.62. The Hall–Kier alpha value is -3.64. The molecule has 0 saturated carbocycles. The number of carboxylic acids is 1. The van der Waals surface area contributed by atoms with Gasteiger partial charge < -0.3 is 25.6 Å². The van der Waals surface area contributed by atoms with Crippen molar-refractivity contribution in [3.8, 4) is 11.4 Å². The molecule has 0 spiro atoms. The Balaban J connectivity index is 1.68. The van der Waals surface area contributed by atoms with Gasteiger partial charge in [0.2, 0.25) is 17.6 Å². The molecule has 0 bridgehead atoms. The third kappa shape index (κ3) is 6.68. The van der Waals surface area contributed by atoms with E-state index in [1.807, 2.05) is 7.05 Å². The first-order valence-electron chi connectivity index (χ1n) is 10.6. The first-order valence-corrected chi connectivity index (χ1v) is 11.4. The van der Waals surface area contributed by atoms with Crippen molar-refractivity contribution in [1.29, 1.82) is 0 Å². The summed E-state index contributed by atoms with van der Waals surface area (Å²) in [6.07, 6.45) is 1.33. The maximum Gasteiger partial charge on any atom is 0.347 e. The van der Waals surface area contributed by atoms with Gasteiger partial charge in [-0.05, 0) is 45.5 Å². The molecule has 34 heavy (non-hydrogen) atoms. The molecule has 2 heterocycles. The Morgan fingerprint density at radius 3 is 2.65 bits per heavy atom. The third-order valence-corrected chi connectivity index (χ3v) is 5.95. The number of aryl methyl sites for hydroxylation is 2. The lowest BCUT2D eigenvalue weighted by Crippen LogP contribution is -2.38. The average molecular weight is 487 g/mol. The van der Waals surface area contributed by atoms with Crippen LogP contribution in [0.2, 0.25) is 0 Å². The van der Waals surface area contributed by atoms with Gasteiger partial charge in [-0.15, -0.1) is 0 Å². The van der Waals surface area contributed by atoms with Gasteiger partial charge in [0.15, 0.2) is 5.13 Å². The van der Waals surface area contributed by atoms with Crippen molar-refractivity contribution < 1.29 is 24.0 Å². The Morgan fingerprint density at radius 2 is 2.00 bits per heavy atom. The quantitative estimate of drug-likeness (QED) is 0.299. The van der Waals surface area contributed by atoms with E-state index in [0.29, 0.717) is 35.0 Å². The van der Waals surface area contributed by atoms with Gasteiger partial charge in [0, 0.05) is 30.5 Å². The van der Waals surface area contributed by atoms with E-state index in [1.165, 1.54) is 0 Å². The minimum atomic E-state index is -1.09. The fraction of sp³-hybridized carbons (Fsp3) is 0.364. The van der Waals surface area contributed by atoms with Crippen LogP contribution in [0.3, 0.4) is 0 Å². The molecular formula is C22H26N6O5S. The lowest BCUT2D eigenvalue weighted by Gasteiger charge is -2.18. The van der Waals surface area contributed by atoms with Gasteiger partial charge >= 0.3 is 5.97 Å². The Morgan fingerprint density at radius 1 is 1.21 bits per heavy atom. The molecule has 1 aromatic carbocycles. The number of nitrogens with zero attached hydrogens (tertiary/aromatic N) is 3. The van der Waals surface area contributed by atoms with Gasteiger partial charge in [-0.1, -0.05) is 28.6 Å². The molecule has 0 unspecified atom stereocenters. The molecule has 0 radical (unpaired) electrons. The van der Waals surface area contributed by atoms with Crippen LogP contribution in [0.5, 0.6) is 0 Å². The molecule has 180 valence electrons. The van der Waals surface area contributed by atoms with E-state index in [0.717, 1.165) is 24.3 Å². The molecule has 0 fully saturated rings. The monoisotopic (exact) mass is 486 g/mol. The Bertz CT molecular complexity index is 1170. The molecule has 0 aliphatic heterocycles. The number of benzene rings is 1. The first kappa shape index (κ1) is 25.0. The minimum Gasteiger partial charge on any atom is -0.477 e. The molecule has 0 aliphatic carbocycles. The highest BCUT2D eigenvalue weighted by Gasteiger charge is 2.20. The highest BCUT2D eigenvalue weighted by atomic mass is 32.1. The summed E-state index contributed by atoms with van der Waals surface area (Å²) >= 11 is 0.897. The number of amides is 2. The number of nitrogens with one attached hydrogen (secondary N) is 3. The molecule has 2 aromatic heterocycles. The standard InChI is InChI=1S/C22H26N6O5S/c1-12-18(21(31)32)34-22(24-12)27-17(29)11-16(8-5-9-23-3)26-20(30)15-7-4-6-14(10-15)19-25-13(2)33-28-19/h4,6-7,10,16,23H,5,8-9,11H2,1-3H3,(H,26,30)(H,31,32)(H,24,27,29)/t16-/m1/s1.